The largest absolute Gasteiger partial charge is 0.407 e. The van der Waals surface area contributed by atoms with Gasteiger partial charge in [0, 0.05) is 11.6 Å². The molecule has 1 saturated carbocycles. The smallest absolute Gasteiger partial charge is 0.315 e. The van der Waals surface area contributed by atoms with Gasteiger partial charge in [0.05, 0.1) is 6.54 Å². The molecule has 0 amide bonds. The van der Waals surface area contributed by atoms with E-state index >= 15 is 0 Å². The zero-order chi connectivity index (χ0) is 13.2. The van der Waals surface area contributed by atoms with Gasteiger partial charge in [-0.2, -0.15) is 0 Å². The molecule has 0 aliphatic heterocycles. The monoisotopic (exact) mass is 252 g/mol. The number of rotatable bonds is 5. The van der Waals surface area contributed by atoms with Gasteiger partial charge in [-0.3, -0.25) is 0 Å². The van der Waals surface area contributed by atoms with Crippen LogP contribution in [-0.4, -0.2) is 21.8 Å². The lowest BCUT2D eigenvalue weighted by molar-refractivity contribution is 0.281. The van der Waals surface area contributed by atoms with E-state index in [4.69, 9.17) is 4.42 Å². The van der Waals surface area contributed by atoms with E-state index in [9.17, 15) is 0 Å². The molecule has 1 aromatic rings. The van der Waals surface area contributed by atoms with Crippen molar-refractivity contribution in [1.29, 1.82) is 0 Å². The average molecular weight is 252 g/mol. The Morgan fingerprint density at radius 2 is 2.06 bits per heavy atom. The maximum atomic E-state index is 5.57. The fraction of sp³-hybridized carbons (Fsp3) is 0.846. The van der Waals surface area contributed by atoms with Crippen molar-refractivity contribution in [1.82, 2.24) is 15.5 Å². The highest BCUT2D eigenvalue weighted by Crippen LogP contribution is 2.30. The highest BCUT2D eigenvalue weighted by Gasteiger charge is 2.25. The van der Waals surface area contributed by atoms with Crippen LogP contribution in [0.3, 0.4) is 0 Å². The van der Waals surface area contributed by atoms with Crippen molar-refractivity contribution >= 4 is 6.01 Å². The van der Waals surface area contributed by atoms with E-state index in [1.54, 1.807) is 0 Å². The second-order valence-electron chi connectivity index (χ2n) is 6.23. The number of hydrogen-bond donors (Lipinski definition) is 2. The Balaban J connectivity index is 1.82. The Hall–Kier alpha value is -1.10. The summed E-state index contributed by atoms with van der Waals surface area (Å²) in [4.78, 5) is 0. The number of anilines is 1. The van der Waals surface area contributed by atoms with Crippen molar-refractivity contribution in [2.24, 2.45) is 5.92 Å². The third-order valence-corrected chi connectivity index (χ3v) is 3.44. The molecular weight excluding hydrogens is 228 g/mol. The summed E-state index contributed by atoms with van der Waals surface area (Å²) in [5, 5.41) is 14.7. The van der Waals surface area contributed by atoms with Gasteiger partial charge < -0.3 is 15.1 Å². The van der Waals surface area contributed by atoms with Gasteiger partial charge in [-0.25, -0.2) is 0 Å². The van der Waals surface area contributed by atoms with Gasteiger partial charge in [-0.1, -0.05) is 11.5 Å². The molecule has 1 aromatic heterocycles. The minimum absolute atomic E-state index is 0.0568. The lowest BCUT2D eigenvalue weighted by Gasteiger charge is -2.31. The van der Waals surface area contributed by atoms with Crippen LogP contribution in [0, 0.1) is 5.92 Å². The molecule has 0 aromatic carbocycles. The molecule has 102 valence electrons. The number of nitrogens with one attached hydrogen (secondary N) is 2. The zero-order valence-corrected chi connectivity index (χ0v) is 11.8. The van der Waals surface area contributed by atoms with Gasteiger partial charge in [0.2, 0.25) is 5.89 Å². The van der Waals surface area contributed by atoms with Crippen molar-refractivity contribution in [3.8, 4) is 0 Å². The normalized spacial score (nSPS) is 18.4. The molecule has 0 saturated heterocycles. The van der Waals surface area contributed by atoms with Crippen LogP contribution in [-0.2, 0) is 6.54 Å². The molecule has 2 rings (SSSR count). The van der Waals surface area contributed by atoms with E-state index in [1.165, 1.54) is 19.3 Å². The van der Waals surface area contributed by atoms with Crippen molar-refractivity contribution in [3.63, 3.8) is 0 Å². The van der Waals surface area contributed by atoms with E-state index in [2.05, 4.69) is 48.5 Å². The first-order valence-electron chi connectivity index (χ1n) is 6.78. The molecule has 1 unspecified atom stereocenters. The van der Waals surface area contributed by atoms with Gasteiger partial charge in [-0.15, -0.1) is 5.10 Å². The van der Waals surface area contributed by atoms with Gasteiger partial charge in [-0.05, 0) is 46.5 Å². The van der Waals surface area contributed by atoms with E-state index in [1.807, 2.05) is 0 Å². The predicted octanol–water partition coefficient (Wildman–Crippen LogP) is 2.56. The summed E-state index contributed by atoms with van der Waals surface area (Å²) >= 11 is 0. The summed E-state index contributed by atoms with van der Waals surface area (Å²) in [6, 6.07) is 0.961. The van der Waals surface area contributed by atoms with Crippen LogP contribution in [0.1, 0.15) is 52.8 Å². The molecule has 1 aliphatic carbocycles. The summed E-state index contributed by atoms with van der Waals surface area (Å²) in [5.74, 6) is 1.39. The second kappa shape index (κ2) is 5.26. The molecule has 1 heterocycles. The fourth-order valence-corrected chi connectivity index (χ4v) is 1.98. The third kappa shape index (κ3) is 3.70. The SMILES string of the molecule is CC(Nc1nnc(CNC(C)(C)C)o1)C1CCC1. The first-order valence-corrected chi connectivity index (χ1v) is 6.78. The topological polar surface area (TPSA) is 63.0 Å². The quantitative estimate of drug-likeness (QED) is 0.843. The third-order valence-electron chi connectivity index (χ3n) is 3.44. The lowest BCUT2D eigenvalue weighted by Crippen LogP contribution is -2.35. The molecule has 0 radical (unpaired) electrons. The Morgan fingerprint density at radius 3 is 2.61 bits per heavy atom. The van der Waals surface area contributed by atoms with Crippen LogP contribution < -0.4 is 10.6 Å². The van der Waals surface area contributed by atoms with E-state index in [0.717, 1.165) is 5.92 Å². The standard InChI is InChI=1S/C13H24N4O/c1-9(10-6-5-7-10)15-12-17-16-11(18-12)8-14-13(2,3)4/h9-10,14H,5-8H2,1-4H3,(H,15,17). The van der Waals surface area contributed by atoms with E-state index in [0.29, 0.717) is 24.5 Å². The van der Waals surface area contributed by atoms with Gasteiger partial charge in [0.25, 0.3) is 0 Å². The van der Waals surface area contributed by atoms with Gasteiger partial charge in [0.1, 0.15) is 0 Å². The van der Waals surface area contributed by atoms with Gasteiger partial charge in [0.15, 0.2) is 0 Å². The minimum atomic E-state index is 0.0568. The van der Waals surface area contributed by atoms with Crippen LogP contribution in [0.25, 0.3) is 0 Å². The molecule has 1 aliphatic rings. The molecule has 1 atom stereocenters. The first-order chi connectivity index (χ1) is 8.44. The molecule has 0 spiro atoms. The highest BCUT2D eigenvalue weighted by atomic mass is 16.4. The molecule has 5 nitrogen and oxygen atoms in total. The summed E-state index contributed by atoms with van der Waals surface area (Å²) in [6.45, 7) is 9.13. The predicted molar refractivity (Wildman–Crippen MR) is 71.3 cm³/mol. The van der Waals surface area contributed by atoms with Crippen LogP contribution in [0.4, 0.5) is 6.01 Å². The highest BCUT2D eigenvalue weighted by molar-refractivity contribution is 5.19. The van der Waals surface area contributed by atoms with Crippen LogP contribution in [0.5, 0.6) is 0 Å². The maximum Gasteiger partial charge on any atom is 0.315 e. The van der Waals surface area contributed by atoms with Crippen molar-refractivity contribution in [2.75, 3.05) is 5.32 Å². The molecule has 2 N–H and O–H groups in total. The Morgan fingerprint density at radius 1 is 1.33 bits per heavy atom. The fourth-order valence-electron chi connectivity index (χ4n) is 1.98. The molecule has 5 heteroatoms. The summed E-state index contributed by atoms with van der Waals surface area (Å²) in [6.07, 6.45) is 3.96. The van der Waals surface area contributed by atoms with Crippen molar-refractivity contribution in [2.45, 2.75) is 65.1 Å². The summed E-state index contributed by atoms with van der Waals surface area (Å²) in [5.41, 5.74) is 0.0568. The Labute approximate surface area is 109 Å². The molecule has 0 bridgehead atoms. The summed E-state index contributed by atoms with van der Waals surface area (Å²) in [7, 11) is 0. The maximum absolute atomic E-state index is 5.57. The van der Waals surface area contributed by atoms with E-state index in [-0.39, 0.29) is 5.54 Å². The van der Waals surface area contributed by atoms with E-state index < -0.39 is 0 Å². The second-order valence-corrected chi connectivity index (χ2v) is 6.23. The number of hydrogen-bond acceptors (Lipinski definition) is 5. The summed E-state index contributed by atoms with van der Waals surface area (Å²) < 4.78 is 5.57. The van der Waals surface area contributed by atoms with Crippen LogP contribution in [0.2, 0.25) is 0 Å². The lowest BCUT2D eigenvalue weighted by atomic mass is 9.80. The van der Waals surface area contributed by atoms with Crippen LogP contribution in [0.15, 0.2) is 4.42 Å². The first kappa shape index (κ1) is 13.3. The average Bonchev–Trinajstić information content (AvgIpc) is 2.58. The number of aromatic nitrogens is 2. The molecule has 1 fully saturated rings. The minimum Gasteiger partial charge on any atom is -0.407 e. The van der Waals surface area contributed by atoms with Crippen LogP contribution >= 0.6 is 0 Å². The number of nitrogens with zero attached hydrogens (tertiary/aromatic N) is 2. The Bertz CT molecular complexity index is 379. The van der Waals surface area contributed by atoms with Crippen molar-refractivity contribution < 1.29 is 4.42 Å². The Kier molecular flexibility index (Phi) is 3.90. The van der Waals surface area contributed by atoms with Gasteiger partial charge >= 0.3 is 6.01 Å². The molecule has 18 heavy (non-hydrogen) atoms. The molecular formula is C13H24N4O. The van der Waals surface area contributed by atoms with Crippen molar-refractivity contribution in [3.05, 3.63) is 5.89 Å². The zero-order valence-electron chi connectivity index (χ0n) is 11.8.